The van der Waals surface area contributed by atoms with Gasteiger partial charge in [-0.1, -0.05) is 6.07 Å². The molecule has 104 valence electrons. The third-order valence-electron chi connectivity index (χ3n) is 2.59. The van der Waals surface area contributed by atoms with E-state index in [-0.39, 0.29) is 12.6 Å². The molecule has 0 spiro atoms. The summed E-state index contributed by atoms with van der Waals surface area (Å²) in [6.45, 7) is 3.01. The van der Waals surface area contributed by atoms with E-state index < -0.39 is 29.1 Å². The number of rotatable bonds is 4. The van der Waals surface area contributed by atoms with Gasteiger partial charge in [0.2, 0.25) is 0 Å². The normalized spacial score (nSPS) is 10.4. The fourth-order valence-corrected chi connectivity index (χ4v) is 1.52. The molecule has 1 rings (SSSR count). The summed E-state index contributed by atoms with van der Waals surface area (Å²) in [5, 5.41) is 0. The maximum Gasteiger partial charge on any atom is 0.325 e. The van der Waals surface area contributed by atoms with Crippen LogP contribution in [0.1, 0.15) is 24.2 Å². The van der Waals surface area contributed by atoms with Crippen LogP contribution in [0.5, 0.6) is 0 Å². The first kappa shape index (κ1) is 15.1. The number of methoxy groups -OCH3 is 1. The van der Waals surface area contributed by atoms with Gasteiger partial charge in [-0.3, -0.25) is 9.59 Å². The molecular formula is C13H15F2NO3. The van der Waals surface area contributed by atoms with E-state index >= 15 is 0 Å². The molecule has 0 heterocycles. The largest absolute Gasteiger partial charge is 0.468 e. The third-order valence-corrected chi connectivity index (χ3v) is 2.59. The molecule has 0 saturated carbocycles. The van der Waals surface area contributed by atoms with Gasteiger partial charge in [-0.15, -0.1) is 0 Å². The molecule has 0 unspecified atom stereocenters. The first-order valence-corrected chi connectivity index (χ1v) is 5.70. The lowest BCUT2D eigenvalue weighted by atomic mass is 10.1. The summed E-state index contributed by atoms with van der Waals surface area (Å²) < 4.78 is 31.1. The van der Waals surface area contributed by atoms with E-state index in [0.717, 1.165) is 11.0 Å². The van der Waals surface area contributed by atoms with E-state index in [0.29, 0.717) is 0 Å². The lowest BCUT2D eigenvalue weighted by molar-refractivity contribution is -0.141. The van der Waals surface area contributed by atoms with E-state index in [1.165, 1.54) is 19.2 Å². The van der Waals surface area contributed by atoms with E-state index in [1.54, 1.807) is 13.8 Å². The van der Waals surface area contributed by atoms with Gasteiger partial charge in [0.25, 0.3) is 5.91 Å². The van der Waals surface area contributed by atoms with Crippen molar-refractivity contribution >= 4 is 11.9 Å². The lowest BCUT2D eigenvalue weighted by Crippen LogP contribution is -2.41. The highest BCUT2D eigenvalue weighted by Crippen LogP contribution is 2.15. The molecule has 6 heteroatoms. The van der Waals surface area contributed by atoms with Gasteiger partial charge in [0.1, 0.15) is 6.54 Å². The summed E-state index contributed by atoms with van der Waals surface area (Å²) in [7, 11) is 1.19. The molecule has 1 amide bonds. The van der Waals surface area contributed by atoms with Crippen molar-refractivity contribution in [3.63, 3.8) is 0 Å². The highest BCUT2D eigenvalue weighted by Gasteiger charge is 2.25. The second kappa shape index (κ2) is 6.26. The number of halogens is 2. The zero-order chi connectivity index (χ0) is 14.6. The molecule has 0 atom stereocenters. The van der Waals surface area contributed by atoms with E-state index in [4.69, 9.17) is 0 Å². The number of ether oxygens (including phenoxy) is 1. The Hall–Kier alpha value is -1.98. The maximum absolute atomic E-state index is 13.6. The zero-order valence-electron chi connectivity index (χ0n) is 10.9. The van der Waals surface area contributed by atoms with Gasteiger partial charge < -0.3 is 9.64 Å². The van der Waals surface area contributed by atoms with Crippen LogP contribution in [0.25, 0.3) is 0 Å². The quantitative estimate of drug-likeness (QED) is 0.787. The van der Waals surface area contributed by atoms with Crippen molar-refractivity contribution in [2.75, 3.05) is 13.7 Å². The number of carbonyl (C=O) groups is 2. The lowest BCUT2D eigenvalue weighted by Gasteiger charge is -2.25. The van der Waals surface area contributed by atoms with E-state index in [9.17, 15) is 18.4 Å². The second-order valence-electron chi connectivity index (χ2n) is 4.20. The summed E-state index contributed by atoms with van der Waals surface area (Å²) in [6.07, 6.45) is 0. The SMILES string of the molecule is COC(=O)CN(C(=O)c1cccc(F)c1F)C(C)C. The van der Waals surface area contributed by atoms with Gasteiger partial charge in [-0.2, -0.15) is 0 Å². The van der Waals surface area contributed by atoms with Crippen LogP contribution in [0.3, 0.4) is 0 Å². The number of benzene rings is 1. The van der Waals surface area contributed by atoms with Crippen LogP contribution in [0, 0.1) is 11.6 Å². The van der Waals surface area contributed by atoms with E-state index in [2.05, 4.69) is 4.74 Å². The monoisotopic (exact) mass is 271 g/mol. The molecule has 0 saturated heterocycles. The predicted octanol–water partition coefficient (Wildman–Crippen LogP) is 1.99. The van der Waals surface area contributed by atoms with Crippen molar-refractivity contribution < 1.29 is 23.1 Å². The van der Waals surface area contributed by atoms with Crippen molar-refractivity contribution in [2.24, 2.45) is 0 Å². The summed E-state index contributed by atoms with van der Waals surface area (Å²) >= 11 is 0. The van der Waals surface area contributed by atoms with Crippen LogP contribution in [0.4, 0.5) is 8.78 Å². The average molecular weight is 271 g/mol. The zero-order valence-corrected chi connectivity index (χ0v) is 10.9. The molecule has 0 aliphatic heterocycles. The molecule has 1 aromatic carbocycles. The van der Waals surface area contributed by atoms with E-state index in [1.807, 2.05) is 0 Å². The van der Waals surface area contributed by atoms with Crippen molar-refractivity contribution in [3.8, 4) is 0 Å². The smallest absolute Gasteiger partial charge is 0.325 e. The first-order chi connectivity index (χ1) is 8.88. The molecule has 4 nitrogen and oxygen atoms in total. The van der Waals surface area contributed by atoms with Crippen LogP contribution < -0.4 is 0 Å². The number of hydrogen-bond acceptors (Lipinski definition) is 3. The Kier molecular flexibility index (Phi) is 4.97. The number of carbonyl (C=O) groups excluding carboxylic acids is 2. The maximum atomic E-state index is 13.6. The minimum Gasteiger partial charge on any atom is -0.468 e. The summed E-state index contributed by atoms with van der Waals surface area (Å²) in [5.74, 6) is -3.70. The fourth-order valence-electron chi connectivity index (χ4n) is 1.52. The van der Waals surface area contributed by atoms with Gasteiger partial charge in [0, 0.05) is 6.04 Å². The Labute approximate surface area is 110 Å². The van der Waals surface area contributed by atoms with Crippen LogP contribution in [0.2, 0.25) is 0 Å². The third kappa shape index (κ3) is 3.49. The van der Waals surface area contributed by atoms with Gasteiger partial charge in [0.05, 0.1) is 12.7 Å². The molecule has 0 aliphatic rings. The Morgan fingerprint density at radius 2 is 1.95 bits per heavy atom. The first-order valence-electron chi connectivity index (χ1n) is 5.70. The van der Waals surface area contributed by atoms with Crippen molar-refractivity contribution in [2.45, 2.75) is 19.9 Å². The summed E-state index contributed by atoms with van der Waals surface area (Å²) in [6, 6.07) is 2.98. The highest BCUT2D eigenvalue weighted by atomic mass is 19.2. The van der Waals surface area contributed by atoms with Crippen molar-refractivity contribution in [1.29, 1.82) is 0 Å². The molecule has 0 bridgehead atoms. The fraction of sp³-hybridized carbons (Fsp3) is 0.385. The number of hydrogen-bond donors (Lipinski definition) is 0. The standard InChI is InChI=1S/C13H15F2NO3/c1-8(2)16(7-11(17)19-3)13(18)9-5-4-6-10(14)12(9)15/h4-6,8H,7H2,1-3H3. The molecule has 0 radical (unpaired) electrons. The molecule has 0 fully saturated rings. The van der Waals surface area contributed by atoms with Crippen LogP contribution in [-0.4, -0.2) is 36.5 Å². The predicted molar refractivity (Wildman–Crippen MR) is 64.5 cm³/mol. The second-order valence-corrected chi connectivity index (χ2v) is 4.20. The Balaban J connectivity index is 3.06. The molecule has 0 N–H and O–H groups in total. The van der Waals surface area contributed by atoms with Crippen molar-refractivity contribution in [3.05, 3.63) is 35.4 Å². The summed E-state index contributed by atoms with van der Waals surface area (Å²) in [5.41, 5.74) is -0.405. The minimum absolute atomic E-state index is 0.317. The topological polar surface area (TPSA) is 46.6 Å². The molecule has 0 aliphatic carbocycles. The Bertz CT molecular complexity index is 489. The Morgan fingerprint density at radius 1 is 1.32 bits per heavy atom. The van der Waals surface area contributed by atoms with Gasteiger partial charge >= 0.3 is 5.97 Å². The van der Waals surface area contributed by atoms with Gasteiger partial charge in [-0.25, -0.2) is 8.78 Å². The van der Waals surface area contributed by atoms with Gasteiger partial charge in [0.15, 0.2) is 11.6 Å². The van der Waals surface area contributed by atoms with Gasteiger partial charge in [-0.05, 0) is 26.0 Å². The highest BCUT2D eigenvalue weighted by molar-refractivity contribution is 5.96. The molecular weight excluding hydrogens is 256 g/mol. The summed E-state index contributed by atoms with van der Waals surface area (Å²) in [4.78, 5) is 24.5. The molecule has 19 heavy (non-hydrogen) atoms. The van der Waals surface area contributed by atoms with Crippen LogP contribution >= 0.6 is 0 Å². The minimum atomic E-state index is -1.22. The number of amides is 1. The van der Waals surface area contributed by atoms with Crippen LogP contribution in [-0.2, 0) is 9.53 Å². The number of esters is 1. The van der Waals surface area contributed by atoms with Crippen molar-refractivity contribution in [1.82, 2.24) is 4.90 Å². The molecule has 1 aromatic rings. The number of nitrogens with zero attached hydrogens (tertiary/aromatic N) is 1. The molecule has 0 aromatic heterocycles. The van der Waals surface area contributed by atoms with Crippen LogP contribution in [0.15, 0.2) is 18.2 Å². The average Bonchev–Trinajstić information content (AvgIpc) is 2.37. The Morgan fingerprint density at radius 3 is 2.47 bits per heavy atom.